The third kappa shape index (κ3) is 1.26. The van der Waals surface area contributed by atoms with Gasteiger partial charge in [0, 0.05) is 0 Å². The van der Waals surface area contributed by atoms with E-state index >= 15 is 0 Å². The summed E-state index contributed by atoms with van der Waals surface area (Å²) in [5.41, 5.74) is 0. The Balaban J connectivity index is 2.17. The van der Waals surface area contributed by atoms with Gasteiger partial charge >= 0.3 is 0 Å². The summed E-state index contributed by atoms with van der Waals surface area (Å²) in [5, 5.41) is 9.31. The van der Waals surface area contributed by atoms with Gasteiger partial charge in [-0.25, -0.2) is 0 Å². The van der Waals surface area contributed by atoms with E-state index in [1.807, 2.05) is 0 Å². The summed E-state index contributed by atoms with van der Waals surface area (Å²) in [6.07, 6.45) is 3.69. The monoisotopic (exact) mass is 128 g/mol. The number of hydrogen-bond acceptors (Lipinski definition) is 1. The molecule has 0 spiro atoms. The first-order chi connectivity index (χ1) is 4.25. The Labute approximate surface area is 57.1 Å². The zero-order valence-electron chi connectivity index (χ0n) is 6.30. The predicted molar refractivity (Wildman–Crippen MR) is 38.2 cm³/mol. The van der Waals surface area contributed by atoms with E-state index in [1.54, 1.807) is 0 Å². The van der Waals surface area contributed by atoms with Crippen LogP contribution in [0.3, 0.4) is 0 Å². The Kier molecular flexibility index (Phi) is 2.12. The molecule has 0 amide bonds. The first-order valence-corrected chi connectivity index (χ1v) is 3.93. The van der Waals surface area contributed by atoms with E-state index in [4.69, 9.17) is 0 Å². The van der Waals surface area contributed by atoms with Crippen LogP contribution < -0.4 is 0 Å². The Bertz CT molecular complexity index is 88.6. The molecule has 0 radical (unpaired) electrons. The van der Waals surface area contributed by atoms with E-state index in [0.29, 0.717) is 11.8 Å². The second-order valence-electron chi connectivity index (χ2n) is 3.25. The molecular formula is C8H16O. The van der Waals surface area contributed by atoms with Gasteiger partial charge < -0.3 is 5.11 Å². The van der Waals surface area contributed by atoms with Crippen LogP contribution in [0.2, 0.25) is 0 Å². The van der Waals surface area contributed by atoms with Crippen molar-refractivity contribution in [3.63, 3.8) is 0 Å². The van der Waals surface area contributed by atoms with E-state index in [9.17, 15) is 5.11 Å². The van der Waals surface area contributed by atoms with Crippen molar-refractivity contribution in [1.29, 1.82) is 0 Å². The van der Waals surface area contributed by atoms with Crippen LogP contribution in [0.4, 0.5) is 0 Å². The second-order valence-corrected chi connectivity index (χ2v) is 3.25. The fourth-order valence-electron chi connectivity index (χ4n) is 1.68. The molecule has 0 saturated heterocycles. The van der Waals surface area contributed by atoms with Crippen molar-refractivity contribution in [3.05, 3.63) is 0 Å². The third-order valence-corrected chi connectivity index (χ3v) is 2.40. The lowest BCUT2D eigenvalue weighted by Gasteiger charge is -2.39. The molecule has 1 aliphatic rings. The number of aliphatic hydroxyl groups excluding tert-OH is 1. The van der Waals surface area contributed by atoms with Crippen molar-refractivity contribution in [3.8, 4) is 0 Å². The molecule has 0 heterocycles. The van der Waals surface area contributed by atoms with E-state index < -0.39 is 0 Å². The van der Waals surface area contributed by atoms with Gasteiger partial charge in [0.2, 0.25) is 0 Å². The summed E-state index contributed by atoms with van der Waals surface area (Å²) >= 11 is 0. The second kappa shape index (κ2) is 2.70. The lowest BCUT2D eigenvalue weighted by molar-refractivity contribution is -0.0363. The lowest BCUT2D eigenvalue weighted by atomic mass is 9.71. The number of hydrogen-bond donors (Lipinski definition) is 1. The van der Waals surface area contributed by atoms with Gasteiger partial charge in [0.1, 0.15) is 0 Å². The standard InChI is InChI=1S/C8H16O/c1-3-4-7-5-6(2)8(7)9/h6-9H,3-5H2,1-2H3. The molecule has 3 unspecified atom stereocenters. The molecule has 0 aromatic carbocycles. The Morgan fingerprint density at radius 2 is 2.22 bits per heavy atom. The van der Waals surface area contributed by atoms with Crippen molar-refractivity contribution < 1.29 is 5.11 Å². The van der Waals surface area contributed by atoms with Gasteiger partial charge in [0.05, 0.1) is 6.10 Å². The predicted octanol–water partition coefficient (Wildman–Crippen LogP) is 1.80. The highest BCUT2D eigenvalue weighted by molar-refractivity contribution is 4.85. The molecule has 1 nitrogen and oxygen atoms in total. The van der Waals surface area contributed by atoms with Crippen molar-refractivity contribution in [2.24, 2.45) is 11.8 Å². The maximum absolute atomic E-state index is 9.31. The first kappa shape index (κ1) is 7.07. The minimum absolute atomic E-state index is 0.0185. The average Bonchev–Trinajstić information content (AvgIpc) is 1.88. The Hall–Kier alpha value is -0.0400. The molecule has 3 atom stereocenters. The molecule has 0 aliphatic heterocycles. The average molecular weight is 128 g/mol. The maximum Gasteiger partial charge on any atom is 0.0594 e. The quantitative estimate of drug-likeness (QED) is 0.601. The van der Waals surface area contributed by atoms with E-state index in [-0.39, 0.29) is 6.10 Å². The molecule has 1 aliphatic carbocycles. The molecule has 9 heavy (non-hydrogen) atoms. The van der Waals surface area contributed by atoms with Crippen molar-refractivity contribution in [2.45, 2.75) is 39.2 Å². The van der Waals surface area contributed by atoms with Crippen LogP contribution in [0.15, 0.2) is 0 Å². The summed E-state index contributed by atoms with van der Waals surface area (Å²) in [6, 6.07) is 0. The van der Waals surface area contributed by atoms with Crippen LogP contribution in [0, 0.1) is 11.8 Å². The molecule has 0 bridgehead atoms. The zero-order chi connectivity index (χ0) is 6.85. The molecule has 1 fully saturated rings. The van der Waals surface area contributed by atoms with Gasteiger partial charge in [0.15, 0.2) is 0 Å². The van der Waals surface area contributed by atoms with E-state index in [0.717, 1.165) is 0 Å². The smallest absolute Gasteiger partial charge is 0.0594 e. The summed E-state index contributed by atoms with van der Waals surface area (Å²) in [7, 11) is 0. The maximum atomic E-state index is 9.31. The molecule has 1 saturated carbocycles. The van der Waals surface area contributed by atoms with Gasteiger partial charge in [-0.1, -0.05) is 20.3 Å². The highest BCUT2D eigenvalue weighted by Gasteiger charge is 2.35. The molecule has 0 aromatic heterocycles. The minimum Gasteiger partial charge on any atom is -0.393 e. The summed E-state index contributed by atoms with van der Waals surface area (Å²) in [4.78, 5) is 0. The van der Waals surface area contributed by atoms with Gasteiger partial charge in [-0.15, -0.1) is 0 Å². The van der Waals surface area contributed by atoms with Crippen LogP contribution in [0.25, 0.3) is 0 Å². The Morgan fingerprint density at radius 3 is 2.56 bits per heavy atom. The molecule has 54 valence electrons. The first-order valence-electron chi connectivity index (χ1n) is 3.93. The summed E-state index contributed by atoms with van der Waals surface area (Å²) < 4.78 is 0. The van der Waals surface area contributed by atoms with Gasteiger partial charge in [-0.05, 0) is 24.7 Å². The third-order valence-electron chi connectivity index (χ3n) is 2.40. The molecule has 1 N–H and O–H groups in total. The SMILES string of the molecule is CCCC1CC(C)C1O. The van der Waals surface area contributed by atoms with Gasteiger partial charge in [-0.3, -0.25) is 0 Å². The van der Waals surface area contributed by atoms with Crippen LogP contribution in [-0.2, 0) is 0 Å². The molecular weight excluding hydrogens is 112 g/mol. The fraction of sp³-hybridized carbons (Fsp3) is 1.00. The largest absolute Gasteiger partial charge is 0.393 e. The molecule has 1 rings (SSSR count). The highest BCUT2D eigenvalue weighted by atomic mass is 16.3. The fourth-order valence-corrected chi connectivity index (χ4v) is 1.68. The van der Waals surface area contributed by atoms with Crippen LogP contribution >= 0.6 is 0 Å². The molecule has 1 heteroatoms. The highest BCUT2D eigenvalue weighted by Crippen LogP contribution is 2.36. The minimum atomic E-state index is 0.0185. The van der Waals surface area contributed by atoms with Gasteiger partial charge in [0.25, 0.3) is 0 Å². The zero-order valence-corrected chi connectivity index (χ0v) is 6.30. The Morgan fingerprint density at radius 1 is 1.56 bits per heavy atom. The topological polar surface area (TPSA) is 20.2 Å². The van der Waals surface area contributed by atoms with Crippen LogP contribution in [0.1, 0.15) is 33.1 Å². The molecule has 0 aromatic rings. The van der Waals surface area contributed by atoms with E-state index in [2.05, 4.69) is 13.8 Å². The van der Waals surface area contributed by atoms with Crippen LogP contribution in [0.5, 0.6) is 0 Å². The normalized spacial score (nSPS) is 42.3. The lowest BCUT2D eigenvalue weighted by Crippen LogP contribution is -2.39. The number of aliphatic hydroxyl groups is 1. The van der Waals surface area contributed by atoms with Crippen molar-refractivity contribution in [1.82, 2.24) is 0 Å². The summed E-state index contributed by atoms with van der Waals surface area (Å²) in [5.74, 6) is 1.20. The number of rotatable bonds is 2. The van der Waals surface area contributed by atoms with E-state index in [1.165, 1.54) is 19.3 Å². The summed E-state index contributed by atoms with van der Waals surface area (Å²) in [6.45, 7) is 4.30. The van der Waals surface area contributed by atoms with Crippen LogP contribution in [-0.4, -0.2) is 11.2 Å². The van der Waals surface area contributed by atoms with Gasteiger partial charge in [-0.2, -0.15) is 0 Å². The van der Waals surface area contributed by atoms with Crippen molar-refractivity contribution in [2.75, 3.05) is 0 Å². The van der Waals surface area contributed by atoms with Crippen molar-refractivity contribution >= 4 is 0 Å².